The van der Waals surface area contributed by atoms with Crippen molar-refractivity contribution in [2.24, 2.45) is 0 Å². The SMILES string of the molecule is COc1ccc(C(=O)CN(C)CCCN(C)C)cc1Cl. The van der Waals surface area contributed by atoms with Crippen LogP contribution >= 0.6 is 11.6 Å². The number of halogens is 1. The molecule has 0 aromatic heterocycles. The zero-order chi connectivity index (χ0) is 15.1. The third-order valence-electron chi connectivity index (χ3n) is 3.03. The number of ether oxygens (including phenoxy) is 1. The molecule has 1 aromatic carbocycles. The molecular weight excluding hydrogens is 276 g/mol. The molecule has 0 unspecified atom stereocenters. The summed E-state index contributed by atoms with van der Waals surface area (Å²) in [5.41, 5.74) is 0.621. The number of carbonyl (C=O) groups excluding carboxylic acids is 1. The van der Waals surface area contributed by atoms with Crippen molar-refractivity contribution in [1.82, 2.24) is 9.80 Å². The zero-order valence-corrected chi connectivity index (χ0v) is 13.4. The second-order valence-corrected chi connectivity index (χ2v) is 5.57. The molecule has 0 aliphatic heterocycles. The minimum absolute atomic E-state index is 0.0712. The molecule has 0 saturated carbocycles. The van der Waals surface area contributed by atoms with Gasteiger partial charge in [-0.2, -0.15) is 0 Å². The minimum atomic E-state index is 0.0712. The van der Waals surface area contributed by atoms with Crippen LogP contribution in [-0.4, -0.2) is 63.5 Å². The lowest BCUT2D eigenvalue weighted by atomic mass is 10.1. The van der Waals surface area contributed by atoms with Gasteiger partial charge in [0.25, 0.3) is 0 Å². The van der Waals surface area contributed by atoms with Gasteiger partial charge in [-0.15, -0.1) is 0 Å². The van der Waals surface area contributed by atoms with Gasteiger partial charge >= 0.3 is 0 Å². The molecule has 0 amide bonds. The van der Waals surface area contributed by atoms with Gasteiger partial charge in [0.1, 0.15) is 5.75 Å². The van der Waals surface area contributed by atoms with Crippen molar-refractivity contribution in [1.29, 1.82) is 0 Å². The topological polar surface area (TPSA) is 32.8 Å². The van der Waals surface area contributed by atoms with Crippen LogP contribution in [0.25, 0.3) is 0 Å². The van der Waals surface area contributed by atoms with Gasteiger partial charge in [-0.1, -0.05) is 11.6 Å². The highest BCUT2D eigenvalue weighted by Crippen LogP contribution is 2.25. The van der Waals surface area contributed by atoms with Gasteiger partial charge in [0.2, 0.25) is 0 Å². The lowest BCUT2D eigenvalue weighted by molar-refractivity contribution is 0.0944. The average Bonchev–Trinajstić information content (AvgIpc) is 2.38. The van der Waals surface area contributed by atoms with Crippen LogP contribution < -0.4 is 4.74 Å². The minimum Gasteiger partial charge on any atom is -0.495 e. The maximum Gasteiger partial charge on any atom is 0.176 e. The van der Waals surface area contributed by atoms with Gasteiger partial charge in [-0.25, -0.2) is 0 Å². The summed E-state index contributed by atoms with van der Waals surface area (Å²) in [7, 11) is 7.61. The number of ketones is 1. The number of nitrogens with zero attached hydrogens (tertiary/aromatic N) is 2. The van der Waals surface area contributed by atoms with E-state index in [9.17, 15) is 4.79 Å². The third kappa shape index (κ3) is 5.49. The van der Waals surface area contributed by atoms with Gasteiger partial charge in [-0.3, -0.25) is 9.69 Å². The van der Waals surface area contributed by atoms with E-state index in [4.69, 9.17) is 16.3 Å². The highest BCUT2D eigenvalue weighted by molar-refractivity contribution is 6.32. The lowest BCUT2D eigenvalue weighted by Crippen LogP contribution is -2.29. The predicted molar refractivity (Wildman–Crippen MR) is 83.0 cm³/mol. The molecule has 0 aliphatic rings. The second kappa shape index (κ2) is 8.25. The number of carbonyl (C=O) groups is 1. The van der Waals surface area contributed by atoms with E-state index in [1.54, 1.807) is 25.3 Å². The number of likely N-dealkylation sites (N-methyl/N-ethyl adjacent to an activating group) is 1. The summed E-state index contributed by atoms with van der Waals surface area (Å²) in [6, 6.07) is 5.14. The zero-order valence-electron chi connectivity index (χ0n) is 12.6. The first-order chi connectivity index (χ1) is 9.43. The highest BCUT2D eigenvalue weighted by Gasteiger charge is 2.11. The van der Waals surface area contributed by atoms with Gasteiger partial charge in [-0.05, 0) is 58.9 Å². The Balaban J connectivity index is 2.51. The first-order valence-electron chi connectivity index (χ1n) is 6.64. The van der Waals surface area contributed by atoms with Crippen molar-refractivity contribution < 1.29 is 9.53 Å². The van der Waals surface area contributed by atoms with Crippen molar-refractivity contribution in [3.05, 3.63) is 28.8 Å². The molecule has 1 rings (SSSR count). The highest BCUT2D eigenvalue weighted by atomic mass is 35.5. The first-order valence-corrected chi connectivity index (χ1v) is 7.02. The maximum atomic E-state index is 12.2. The summed E-state index contributed by atoms with van der Waals surface area (Å²) in [5.74, 6) is 0.657. The molecule has 0 aliphatic carbocycles. The number of hydrogen-bond acceptors (Lipinski definition) is 4. The van der Waals surface area contributed by atoms with Crippen LogP contribution in [0.1, 0.15) is 16.8 Å². The van der Waals surface area contributed by atoms with Gasteiger partial charge in [0.05, 0.1) is 18.7 Å². The molecule has 0 spiro atoms. The monoisotopic (exact) mass is 298 g/mol. The molecule has 4 nitrogen and oxygen atoms in total. The van der Waals surface area contributed by atoms with Crippen molar-refractivity contribution in [2.75, 3.05) is 47.9 Å². The Morgan fingerprint density at radius 3 is 2.50 bits per heavy atom. The number of Topliss-reactive ketones (excluding diaryl/α,β-unsaturated/α-hetero) is 1. The van der Waals surface area contributed by atoms with Crippen LogP contribution in [0, 0.1) is 0 Å². The molecule has 0 atom stereocenters. The molecule has 0 heterocycles. The summed E-state index contributed by atoms with van der Waals surface area (Å²) in [6.07, 6.45) is 1.04. The van der Waals surface area contributed by atoms with E-state index in [1.807, 2.05) is 26.0 Å². The molecule has 0 saturated heterocycles. The molecule has 1 aromatic rings. The van der Waals surface area contributed by atoms with E-state index in [0.29, 0.717) is 22.9 Å². The number of benzene rings is 1. The van der Waals surface area contributed by atoms with Crippen LogP contribution in [0.4, 0.5) is 0 Å². The molecule has 0 N–H and O–H groups in total. The quantitative estimate of drug-likeness (QED) is 0.690. The maximum absolute atomic E-state index is 12.2. The molecule has 20 heavy (non-hydrogen) atoms. The Labute approximate surface area is 126 Å². The second-order valence-electron chi connectivity index (χ2n) is 5.17. The van der Waals surface area contributed by atoms with Gasteiger partial charge in [0.15, 0.2) is 5.78 Å². The molecule has 112 valence electrons. The third-order valence-corrected chi connectivity index (χ3v) is 3.33. The van der Waals surface area contributed by atoms with Crippen LogP contribution in [0.5, 0.6) is 5.75 Å². The van der Waals surface area contributed by atoms with Gasteiger partial charge < -0.3 is 9.64 Å². The Morgan fingerprint density at radius 2 is 1.95 bits per heavy atom. The van der Waals surface area contributed by atoms with Crippen molar-refractivity contribution in [2.45, 2.75) is 6.42 Å². The van der Waals surface area contributed by atoms with Crippen LogP contribution in [-0.2, 0) is 0 Å². The summed E-state index contributed by atoms with van der Waals surface area (Å²) >= 11 is 6.03. The average molecular weight is 299 g/mol. The summed E-state index contributed by atoms with van der Waals surface area (Å²) in [5, 5.41) is 0.466. The van der Waals surface area contributed by atoms with E-state index >= 15 is 0 Å². The lowest BCUT2D eigenvalue weighted by Gasteiger charge is -2.17. The molecule has 0 radical (unpaired) electrons. The largest absolute Gasteiger partial charge is 0.495 e. The predicted octanol–water partition coefficient (Wildman–Crippen LogP) is 2.41. The fraction of sp³-hybridized carbons (Fsp3) is 0.533. The smallest absolute Gasteiger partial charge is 0.176 e. The van der Waals surface area contributed by atoms with Crippen molar-refractivity contribution in [3.63, 3.8) is 0 Å². The van der Waals surface area contributed by atoms with E-state index in [2.05, 4.69) is 4.90 Å². The Kier molecular flexibility index (Phi) is 6.99. The first kappa shape index (κ1) is 17.0. The van der Waals surface area contributed by atoms with Crippen molar-refractivity contribution >= 4 is 17.4 Å². The normalized spacial score (nSPS) is 11.2. The van der Waals surface area contributed by atoms with Crippen LogP contribution in [0.2, 0.25) is 5.02 Å². The molecule has 5 heteroatoms. The summed E-state index contributed by atoms with van der Waals surface area (Å²) < 4.78 is 5.08. The number of methoxy groups -OCH3 is 1. The Bertz CT molecular complexity index is 449. The Hall–Kier alpha value is -1.10. The molecule has 0 bridgehead atoms. The van der Waals surface area contributed by atoms with E-state index < -0.39 is 0 Å². The van der Waals surface area contributed by atoms with Crippen LogP contribution in [0.3, 0.4) is 0 Å². The molecular formula is C15H23ClN2O2. The van der Waals surface area contributed by atoms with Gasteiger partial charge in [0, 0.05) is 5.56 Å². The molecule has 0 fully saturated rings. The van der Waals surface area contributed by atoms with E-state index in [0.717, 1.165) is 19.5 Å². The fourth-order valence-corrected chi connectivity index (χ4v) is 2.17. The Morgan fingerprint density at radius 1 is 1.25 bits per heavy atom. The number of rotatable bonds is 8. The number of hydrogen-bond donors (Lipinski definition) is 0. The van der Waals surface area contributed by atoms with Crippen molar-refractivity contribution in [3.8, 4) is 5.75 Å². The van der Waals surface area contributed by atoms with E-state index in [1.165, 1.54) is 0 Å². The summed E-state index contributed by atoms with van der Waals surface area (Å²) in [6.45, 7) is 2.32. The van der Waals surface area contributed by atoms with Crippen LogP contribution in [0.15, 0.2) is 18.2 Å². The van der Waals surface area contributed by atoms with E-state index in [-0.39, 0.29) is 5.78 Å². The summed E-state index contributed by atoms with van der Waals surface area (Å²) in [4.78, 5) is 16.3. The fourth-order valence-electron chi connectivity index (χ4n) is 1.91. The standard InChI is InChI=1S/C15H23ClN2O2/c1-17(2)8-5-9-18(3)11-14(19)12-6-7-15(20-4)13(16)10-12/h6-7,10H,5,8-9,11H2,1-4H3.